The second-order valence-electron chi connectivity index (χ2n) is 5.30. The summed E-state index contributed by atoms with van der Waals surface area (Å²) in [5, 5.41) is 11.1. The Labute approximate surface area is 109 Å². The van der Waals surface area contributed by atoms with Crippen LogP contribution in [0.5, 0.6) is 0 Å². The van der Waals surface area contributed by atoms with Crippen molar-refractivity contribution in [3.63, 3.8) is 0 Å². The van der Waals surface area contributed by atoms with Gasteiger partial charge in [-0.1, -0.05) is 43.5 Å². The van der Waals surface area contributed by atoms with Gasteiger partial charge in [-0.15, -0.1) is 0 Å². The zero-order chi connectivity index (χ0) is 12.4. The van der Waals surface area contributed by atoms with Gasteiger partial charge in [0.25, 0.3) is 0 Å². The highest BCUT2D eigenvalue weighted by Crippen LogP contribution is 2.40. The molecule has 0 spiro atoms. The Kier molecular flexibility index (Phi) is 4.11. The van der Waals surface area contributed by atoms with E-state index in [-0.39, 0.29) is 6.10 Å². The van der Waals surface area contributed by atoms with Crippen LogP contribution in [0.25, 0.3) is 0 Å². The summed E-state index contributed by atoms with van der Waals surface area (Å²) in [5.74, 6) is 1.22. The smallest absolute Gasteiger partial charge is 0.0818 e. The van der Waals surface area contributed by atoms with E-state index in [9.17, 15) is 5.11 Å². The van der Waals surface area contributed by atoms with Crippen LogP contribution in [0.1, 0.15) is 49.8 Å². The van der Waals surface area contributed by atoms with E-state index in [2.05, 4.69) is 6.92 Å². The lowest BCUT2D eigenvalue weighted by Gasteiger charge is -2.19. The average molecular weight is 253 g/mol. The number of aryl methyl sites for hydroxylation is 1. The van der Waals surface area contributed by atoms with Crippen molar-refractivity contribution in [2.45, 2.75) is 45.6 Å². The van der Waals surface area contributed by atoms with Gasteiger partial charge in [0, 0.05) is 5.02 Å². The van der Waals surface area contributed by atoms with Crippen molar-refractivity contribution >= 4 is 11.6 Å². The molecule has 2 rings (SSSR count). The van der Waals surface area contributed by atoms with Crippen LogP contribution in [0.2, 0.25) is 5.02 Å². The third-order valence-electron chi connectivity index (χ3n) is 4.14. The van der Waals surface area contributed by atoms with Crippen molar-refractivity contribution in [3.8, 4) is 0 Å². The number of hydrogen-bond donors (Lipinski definition) is 1. The molecule has 1 saturated carbocycles. The Morgan fingerprint density at radius 1 is 1.41 bits per heavy atom. The summed E-state index contributed by atoms with van der Waals surface area (Å²) in [5.41, 5.74) is 2.04. The van der Waals surface area contributed by atoms with Crippen LogP contribution in [0, 0.1) is 18.8 Å². The predicted molar refractivity (Wildman–Crippen MR) is 72.3 cm³/mol. The maximum atomic E-state index is 10.4. The van der Waals surface area contributed by atoms with Gasteiger partial charge in [0.1, 0.15) is 0 Å². The van der Waals surface area contributed by atoms with Gasteiger partial charge in [-0.2, -0.15) is 0 Å². The Hall–Kier alpha value is -0.530. The first-order valence-electron chi connectivity index (χ1n) is 6.56. The van der Waals surface area contributed by atoms with E-state index >= 15 is 0 Å². The van der Waals surface area contributed by atoms with E-state index in [0.717, 1.165) is 34.9 Å². The van der Waals surface area contributed by atoms with E-state index in [0.29, 0.717) is 5.92 Å². The maximum absolute atomic E-state index is 10.4. The van der Waals surface area contributed by atoms with Crippen molar-refractivity contribution in [3.05, 3.63) is 34.3 Å². The number of halogens is 1. The van der Waals surface area contributed by atoms with Gasteiger partial charge in [-0.25, -0.2) is 0 Å². The molecule has 0 aromatic heterocycles. The molecule has 1 aromatic carbocycles. The number of benzene rings is 1. The molecular formula is C15H21ClO. The third kappa shape index (κ3) is 2.83. The van der Waals surface area contributed by atoms with Gasteiger partial charge in [-0.05, 0) is 48.8 Å². The lowest BCUT2D eigenvalue weighted by Crippen LogP contribution is -2.09. The minimum Gasteiger partial charge on any atom is -0.388 e. The summed E-state index contributed by atoms with van der Waals surface area (Å²) >= 11 is 6.11. The molecule has 1 nitrogen and oxygen atoms in total. The Morgan fingerprint density at radius 2 is 2.18 bits per heavy atom. The van der Waals surface area contributed by atoms with E-state index < -0.39 is 0 Å². The highest BCUT2D eigenvalue weighted by atomic mass is 35.5. The summed E-state index contributed by atoms with van der Waals surface area (Å²) in [6.45, 7) is 4.23. The predicted octanol–water partition coefficient (Wildman–Crippen LogP) is 4.51. The molecule has 0 aliphatic heterocycles. The van der Waals surface area contributed by atoms with E-state index in [1.807, 2.05) is 25.1 Å². The van der Waals surface area contributed by atoms with Crippen LogP contribution in [0.15, 0.2) is 18.2 Å². The zero-order valence-corrected chi connectivity index (χ0v) is 11.4. The topological polar surface area (TPSA) is 20.2 Å². The molecule has 1 N–H and O–H groups in total. The van der Waals surface area contributed by atoms with Crippen LogP contribution in [0.4, 0.5) is 0 Å². The average Bonchev–Trinajstić information content (AvgIpc) is 2.80. The highest BCUT2D eigenvalue weighted by molar-refractivity contribution is 6.31. The first-order valence-corrected chi connectivity index (χ1v) is 6.93. The number of aliphatic hydroxyl groups excluding tert-OH is 1. The molecule has 0 radical (unpaired) electrons. The Balaban J connectivity index is 2.09. The highest BCUT2D eigenvalue weighted by Gasteiger charge is 2.29. The maximum Gasteiger partial charge on any atom is 0.0818 e. The molecule has 3 atom stereocenters. The molecule has 2 heteroatoms. The normalized spacial score (nSPS) is 26.1. The van der Waals surface area contributed by atoms with Gasteiger partial charge in [0.2, 0.25) is 0 Å². The fourth-order valence-electron chi connectivity index (χ4n) is 2.84. The lowest BCUT2D eigenvalue weighted by molar-refractivity contribution is 0.109. The summed E-state index contributed by atoms with van der Waals surface area (Å²) < 4.78 is 0. The van der Waals surface area contributed by atoms with Gasteiger partial charge >= 0.3 is 0 Å². The zero-order valence-electron chi connectivity index (χ0n) is 10.6. The van der Waals surface area contributed by atoms with Gasteiger partial charge in [-0.3, -0.25) is 0 Å². The monoisotopic (exact) mass is 252 g/mol. The first-order chi connectivity index (χ1) is 8.11. The molecule has 1 aliphatic carbocycles. The lowest BCUT2D eigenvalue weighted by atomic mass is 9.92. The standard InChI is InChI=1S/C15H21ClO/c1-3-11-5-7-12(8-11)15(17)13-6-4-10(2)14(16)9-13/h4,6,9,11-12,15,17H,3,5,7-8H2,1-2H3. The molecular weight excluding hydrogens is 232 g/mol. The van der Waals surface area contributed by atoms with Crippen molar-refractivity contribution in [1.29, 1.82) is 0 Å². The van der Waals surface area contributed by atoms with Crippen LogP contribution in [-0.4, -0.2) is 5.11 Å². The number of aliphatic hydroxyl groups is 1. The van der Waals surface area contributed by atoms with Gasteiger partial charge < -0.3 is 5.11 Å². The van der Waals surface area contributed by atoms with Gasteiger partial charge in [0.15, 0.2) is 0 Å². The Bertz CT molecular complexity index is 389. The molecule has 1 aliphatic rings. The second kappa shape index (κ2) is 5.41. The van der Waals surface area contributed by atoms with Crippen LogP contribution >= 0.6 is 11.6 Å². The van der Waals surface area contributed by atoms with Crippen molar-refractivity contribution in [2.75, 3.05) is 0 Å². The summed E-state index contributed by atoms with van der Waals surface area (Å²) in [7, 11) is 0. The molecule has 1 aromatic rings. The molecule has 0 heterocycles. The fourth-order valence-corrected chi connectivity index (χ4v) is 3.03. The molecule has 3 unspecified atom stereocenters. The van der Waals surface area contributed by atoms with Crippen molar-refractivity contribution in [2.24, 2.45) is 11.8 Å². The van der Waals surface area contributed by atoms with Crippen molar-refractivity contribution < 1.29 is 5.11 Å². The van der Waals surface area contributed by atoms with Crippen molar-refractivity contribution in [1.82, 2.24) is 0 Å². The second-order valence-corrected chi connectivity index (χ2v) is 5.71. The molecule has 1 fully saturated rings. The molecule has 0 saturated heterocycles. The summed E-state index contributed by atoms with van der Waals surface area (Å²) in [6, 6.07) is 5.92. The first kappa shape index (κ1) is 12.9. The molecule has 94 valence electrons. The van der Waals surface area contributed by atoms with E-state index in [1.165, 1.54) is 12.8 Å². The minimum atomic E-state index is -0.343. The summed E-state index contributed by atoms with van der Waals surface area (Å²) in [6.07, 6.45) is 4.45. The van der Waals surface area contributed by atoms with E-state index in [4.69, 9.17) is 11.6 Å². The van der Waals surface area contributed by atoms with Crippen LogP contribution in [-0.2, 0) is 0 Å². The van der Waals surface area contributed by atoms with Crippen LogP contribution in [0.3, 0.4) is 0 Å². The number of rotatable bonds is 3. The van der Waals surface area contributed by atoms with E-state index in [1.54, 1.807) is 0 Å². The SMILES string of the molecule is CCC1CCC(C(O)c2ccc(C)c(Cl)c2)C1. The van der Waals surface area contributed by atoms with Crippen LogP contribution < -0.4 is 0 Å². The fraction of sp³-hybridized carbons (Fsp3) is 0.600. The van der Waals surface area contributed by atoms with Gasteiger partial charge in [0.05, 0.1) is 6.10 Å². The quantitative estimate of drug-likeness (QED) is 0.839. The largest absolute Gasteiger partial charge is 0.388 e. The minimum absolute atomic E-state index is 0.343. The molecule has 0 bridgehead atoms. The Morgan fingerprint density at radius 3 is 2.76 bits per heavy atom. The summed E-state index contributed by atoms with van der Waals surface area (Å²) in [4.78, 5) is 0. The third-order valence-corrected chi connectivity index (χ3v) is 4.55. The molecule has 17 heavy (non-hydrogen) atoms. The number of hydrogen-bond acceptors (Lipinski definition) is 1. The molecule has 0 amide bonds.